The Labute approximate surface area is 615 Å². The molecule has 0 aromatic heterocycles. The minimum Gasteiger partial charge on any atom is -0.311 e. The Morgan fingerprint density at radius 1 is 0.243 bits per heavy atom. The van der Waals surface area contributed by atoms with Crippen LogP contribution >= 0.6 is 11.8 Å². The van der Waals surface area contributed by atoms with E-state index in [1.54, 1.807) is 0 Å². The number of hydrogen-bond donors (Lipinski definition) is 0. The lowest BCUT2D eigenvalue weighted by Gasteiger charge is -2.41. The van der Waals surface area contributed by atoms with Crippen molar-refractivity contribution in [3.05, 3.63) is 387 Å². The molecule has 103 heavy (non-hydrogen) atoms. The van der Waals surface area contributed by atoms with Crippen LogP contribution in [0.1, 0.15) is 52.7 Å². The quantitative estimate of drug-likeness (QED) is 0.0789. The Morgan fingerprint density at radius 2 is 0.631 bits per heavy atom. The Bertz CT molecular complexity index is 5350. The zero-order valence-electron chi connectivity index (χ0n) is 59.2. The van der Waals surface area contributed by atoms with E-state index in [1.165, 1.54) is 151 Å². The van der Waals surface area contributed by atoms with E-state index in [9.17, 15) is 0 Å². The lowest BCUT2D eigenvalue weighted by atomic mass is 9.34. The van der Waals surface area contributed by atoms with Crippen LogP contribution in [0.4, 0.5) is 17.1 Å². The second kappa shape index (κ2) is 26.7. The van der Waals surface area contributed by atoms with Crippen LogP contribution in [-0.4, -0.2) is 22.9 Å². The number of fused-ring (bicyclic) bond motifs is 4. The summed E-state index contributed by atoms with van der Waals surface area (Å²) in [5.41, 5.74) is 22.2. The van der Waals surface area contributed by atoms with Crippen LogP contribution in [0.5, 0.6) is 0 Å². The van der Waals surface area contributed by atoms with Crippen molar-refractivity contribution in [1.29, 1.82) is 0 Å². The molecule has 0 saturated carbocycles. The molecule has 0 radical (unpaired) electrons. The molecule has 0 atom stereocenters. The Hall–Kier alpha value is -11.1. The summed E-state index contributed by atoms with van der Waals surface area (Å²) in [6.45, 7) is 13.9. The molecule has 0 spiro atoms. The average molecular weight is 1370 g/mol. The third kappa shape index (κ3) is 11.7. The van der Waals surface area contributed by atoms with E-state index >= 15 is 0 Å². The monoisotopic (exact) mass is 1370 g/mol. The zero-order valence-corrected chi connectivity index (χ0v) is 62.0. The molecular weight excluding hydrogens is 1290 g/mol. The van der Waals surface area contributed by atoms with E-state index in [-0.39, 0.29) is 17.5 Å². The van der Waals surface area contributed by atoms with Crippen molar-refractivity contribution in [3.8, 4) is 55.6 Å². The molecule has 0 N–H and O–H groups in total. The molecule has 0 bridgehead atoms. The van der Waals surface area contributed by atoms with Crippen molar-refractivity contribution >= 4 is 110 Å². The first-order valence-electron chi connectivity index (χ1n) is 36.2. The summed E-state index contributed by atoms with van der Waals surface area (Å²) in [6, 6.07) is 145. The van der Waals surface area contributed by atoms with E-state index in [2.05, 4.69) is 423 Å². The van der Waals surface area contributed by atoms with Gasteiger partial charge in [-0.25, -0.2) is 0 Å². The summed E-state index contributed by atoms with van der Waals surface area (Å²) in [5.74, 6) is 0. The van der Waals surface area contributed by atoms with E-state index in [0.717, 1.165) is 0 Å². The predicted octanol–water partition coefficient (Wildman–Crippen LogP) is 18.1. The zero-order chi connectivity index (χ0) is 69.9. The molecule has 0 aliphatic carbocycles. The van der Waals surface area contributed by atoms with Crippen molar-refractivity contribution in [2.45, 2.75) is 62.2 Å². The van der Waals surface area contributed by atoms with Gasteiger partial charge in [0.1, 0.15) is 0 Å². The van der Waals surface area contributed by atoms with Crippen LogP contribution < -0.4 is 62.8 Å². The van der Waals surface area contributed by atoms with Crippen molar-refractivity contribution in [2.24, 2.45) is 0 Å². The largest absolute Gasteiger partial charge is 0.311 e. The highest BCUT2D eigenvalue weighted by atomic mass is 32.2. The number of anilines is 3. The van der Waals surface area contributed by atoms with Gasteiger partial charge in [0.15, 0.2) is 16.1 Å². The van der Waals surface area contributed by atoms with Crippen molar-refractivity contribution in [3.63, 3.8) is 0 Å². The molecule has 2 aliphatic heterocycles. The highest BCUT2D eigenvalue weighted by molar-refractivity contribution is 8.00. The van der Waals surface area contributed by atoms with Gasteiger partial charge < -0.3 is 4.90 Å². The maximum absolute atomic E-state index is 3.34. The second-order valence-corrected chi connectivity index (χ2v) is 38.6. The van der Waals surface area contributed by atoms with Gasteiger partial charge in [-0.05, 0) is 161 Å². The highest BCUT2D eigenvalue weighted by Gasteiger charge is 2.47. The summed E-state index contributed by atoms with van der Waals surface area (Å²) in [5, 5.41) is 10.6. The van der Waals surface area contributed by atoms with Crippen molar-refractivity contribution < 1.29 is 0 Å². The third-order valence-electron chi connectivity index (χ3n) is 21.7. The summed E-state index contributed by atoms with van der Waals surface area (Å²) in [4.78, 5) is 5.15. The standard InChI is InChI=1S/C98H80BNSSi2/c1-97(2,3)78-41-28-38-72(60-78)75-55-58-92-90(65-75)99-89-57-54-76(66-95(89)101-94-53-31-52-93(96(94)99)100(92)91-59-56-79(98(4,5)6)67-88(91)71-36-18-9-19-37-71)77-63-86(102(80-42-20-10-21-43-80,81-44-22-11-23-45-81)84-50-29-39-73(61-84)69-32-14-7-15-33-69)68-87(64-77)103(82-46-24-12-25-47-82,83-48-26-13-27-49-83)85-51-30-40-74(62-85)70-34-16-8-17-35-70/h7-68H,1-6H3. The first-order chi connectivity index (χ1) is 50.3. The fraction of sp³-hybridized carbons (Fsp3) is 0.0816. The molecule has 0 amide bonds. The Morgan fingerprint density at radius 3 is 1.14 bits per heavy atom. The normalized spacial score (nSPS) is 12.7. The van der Waals surface area contributed by atoms with Gasteiger partial charge in [-0.3, -0.25) is 0 Å². The lowest BCUT2D eigenvalue weighted by Crippen LogP contribution is -2.78. The molecule has 5 heteroatoms. The molecule has 0 saturated heterocycles. The number of rotatable bonds is 14. The molecule has 15 aromatic carbocycles. The van der Waals surface area contributed by atoms with Gasteiger partial charge in [0.05, 0.1) is 5.69 Å². The molecule has 0 fully saturated rings. The van der Waals surface area contributed by atoms with E-state index < -0.39 is 16.1 Å². The third-order valence-corrected chi connectivity index (χ3v) is 32.3. The topological polar surface area (TPSA) is 3.24 Å². The summed E-state index contributed by atoms with van der Waals surface area (Å²) < 4.78 is 0. The van der Waals surface area contributed by atoms with Crippen LogP contribution in [0.15, 0.2) is 386 Å². The summed E-state index contributed by atoms with van der Waals surface area (Å²) in [7, 11) is -6.69. The summed E-state index contributed by atoms with van der Waals surface area (Å²) in [6.07, 6.45) is 0. The van der Waals surface area contributed by atoms with Crippen LogP contribution in [0.25, 0.3) is 55.6 Å². The lowest BCUT2D eigenvalue weighted by molar-refractivity contribution is 0.590. The fourth-order valence-corrected chi connectivity index (χ4v) is 27.7. The number of hydrogen-bond acceptors (Lipinski definition) is 2. The molecular formula is C98H80BNSSi2. The average Bonchev–Trinajstić information content (AvgIpc) is 0.711. The smallest absolute Gasteiger partial charge is 0.249 e. The first kappa shape index (κ1) is 65.3. The van der Waals surface area contributed by atoms with Crippen LogP contribution in [0.3, 0.4) is 0 Å². The second-order valence-electron chi connectivity index (χ2n) is 29.9. The van der Waals surface area contributed by atoms with Crippen LogP contribution in [-0.2, 0) is 10.8 Å². The highest BCUT2D eigenvalue weighted by Crippen LogP contribution is 2.47. The van der Waals surface area contributed by atoms with E-state index in [0.29, 0.717) is 0 Å². The number of benzene rings is 15. The Balaban J connectivity index is 0.944. The van der Waals surface area contributed by atoms with Gasteiger partial charge in [-0.15, -0.1) is 0 Å². The van der Waals surface area contributed by atoms with Crippen LogP contribution in [0.2, 0.25) is 0 Å². The first-order valence-corrected chi connectivity index (χ1v) is 41.0. The van der Waals surface area contributed by atoms with Gasteiger partial charge >= 0.3 is 0 Å². The molecule has 0 unspecified atom stereocenters. The molecule has 494 valence electrons. The maximum Gasteiger partial charge on any atom is 0.249 e. The molecule has 15 aromatic rings. The van der Waals surface area contributed by atoms with Crippen molar-refractivity contribution in [1.82, 2.24) is 0 Å². The molecule has 17 rings (SSSR count). The van der Waals surface area contributed by atoms with Gasteiger partial charge in [0, 0.05) is 26.7 Å². The maximum atomic E-state index is 2.70. The van der Waals surface area contributed by atoms with Gasteiger partial charge in [-0.1, -0.05) is 398 Å². The van der Waals surface area contributed by atoms with Crippen LogP contribution in [0, 0.1) is 0 Å². The van der Waals surface area contributed by atoms with E-state index in [1.807, 2.05) is 11.8 Å². The molecule has 1 nitrogen and oxygen atoms in total. The minimum absolute atomic E-state index is 0.0140. The summed E-state index contributed by atoms with van der Waals surface area (Å²) >= 11 is 1.93. The SMILES string of the molecule is CC(C)(C)c1cccc(-c2ccc3c(c2)B2c4ccc(-c5cc([Si](c6ccccc6)(c6ccccc6)c6cccc(-c7ccccc7)c6)cc([Si](c6ccccc6)(c6ccccc6)c6cccc(-c7ccccc7)c6)c5)cc4Sc4cccc(c42)N3c2ccc(C(C)(C)C)cc2-c2ccccc2)c1. The van der Waals surface area contributed by atoms with Gasteiger partial charge in [0.2, 0.25) is 6.71 Å². The molecule has 2 heterocycles. The van der Waals surface area contributed by atoms with Gasteiger partial charge in [0.25, 0.3) is 0 Å². The fourth-order valence-electron chi connectivity index (χ4n) is 16.6. The van der Waals surface area contributed by atoms with Crippen molar-refractivity contribution in [2.75, 3.05) is 4.90 Å². The molecule has 2 aliphatic rings. The Kier molecular flexibility index (Phi) is 16.9. The minimum atomic E-state index is -3.34. The predicted molar refractivity (Wildman–Crippen MR) is 448 cm³/mol. The van der Waals surface area contributed by atoms with Gasteiger partial charge in [-0.2, -0.15) is 0 Å². The number of nitrogens with zero attached hydrogens (tertiary/aromatic N) is 1. The van der Waals surface area contributed by atoms with E-state index in [4.69, 9.17) is 0 Å².